The molecule has 0 atom stereocenters. The molecule has 4 aliphatic rings. The topological polar surface area (TPSA) is 243 Å². The summed E-state index contributed by atoms with van der Waals surface area (Å²) in [5.41, 5.74) is -2.15. The fraction of sp³-hybridized carbons (Fsp3) is 0.875. The Morgan fingerprint density at radius 1 is 0.417 bits per heavy atom. The SMILES string of the molecule is CCN(c1nc(NCCC(CCCCCCCC(=O)[O-])(CCNc2nc(N(CC)C3CC(C)(C)NC(C)(C)C3)nc(N(CC)C3CC(C)(C)NC(C)(C)C3)n2)C(=O)[O-])nc(N(CC)C2CC(C)(C)NC(C)(C)C2)n1)C1CC(C)(C)NC(C)(C)C1. The predicted molar refractivity (Wildman–Crippen MR) is 340 cm³/mol. The number of carbonyl (C=O) groups is 2. The Bertz CT molecular complexity index is 2160. The Morgan fingerprint density at radius 2 is 0.667 bits per heavy atom. The van der Waals surface area contributed by atoms with E-state index in [0.29, 0.717) is 81.1 Å². The normalized spacial score (nSPS) is 22.0. The van der Waals surface area contributed by atoms with Crippen LogP contribution in [0.3, 0.4) is 0 Å². The van der Waals surface area contributed by atoms with Crippen molar-refractivity contribution in [3.05, 3.63) is 0 Å². The molecule has 4 saturated heterocycles. The number of carbonyl (C=O) groups excluding carboxylic acids is 2. The maximum Gasteiger partial charge on any atom is 0.232 e. The van der Waals surface area contributed by atoms with Crippen molar-refractivity contribution in [2.75, 3.05) is 69.5 Å². The van der Waals surface area contributed by atoms with Gasteiger partial charge < -0.3 is 71.3 Å². The molecule has 20 nitrogen and oxygen atoms in total. The number of carboxylic acid groups (broad SMARTS) is 2. The number of anilines is 6. The molecule has 6 heterocycles. The number of aliphatic carboxylic acids is 2. The number of rotatable bonds is 29. The maximum absolute atomic E-state index is 14.0. The number of hydrogen-bond donors (Lipinski definition) is 6. The van der Waals surface area contributed by atoms with Crippen LogP contribution in [0.2, 0.25) is 0 Å². The average Bonchev–Trinajstić information content (AvgIpc) is 1.14. The molecule has 0 spiro atoms. The lowest BCUT2D eigenvalue weighted by molar-refractivity contribution is -0.320. The lowest BCUT2D eigenvalue weighted by atomic mass is 9.76. The minimum absolute atomic E-state index is 0.0166. The third kappa shape index (κ3) is 19.1. The van der Waals surface area contributed by atoms with Gasteiger partial charge in [0.1, 0.15) is 0 Å². The van der Waals surface area contributed by atoms with E-state index in [1.165, 1.54) is 0 Å². The monoisotopic (exact) mass is 1170 g/mol. The van der Waals surface area contributed by atoms with Gasteiger partial charge in [-0.25, -0.2) is 0 Å². The summed E-state index contributed by atoms with van der Waals surface area (Å²) < 4.78 is 0. The molecule has 4 aliphatic heterocycles. The number of nitrogens with zero attached hydrogens (tertiary/aromatic N) is 10. The highest BCUT2D eigenvalue weighted by Crippen LogP contribution is 2.40. The Labute approximate surface area is 507 Å². The third-order valence-electron chi connectivity index (χ3n) is 18.3. The molecule has 0 saturated carbocycles. The van der Waals surface area contributed by atoms with Gasteiger partial charge in [0, 0.05) is 125 Å². The Kier molecular flexibility index (Phi) is 22.0. The Balaban J connectivity index is 1.35. The Morgan fingerprint density at radius 3 is 0.905 bits per heavy atom. The fourth-order valence-electron chi connectivity index (χ4n) is 16.4. The molecule has 0 bridgehead atoms. The largest absolute Gasteiger partial charge is 0.550 e. The molecule has 6 rings (SSSR count). The second kappa shape index (κ2) is 26.9. The number of unbranched alkanes of at least 4 members (excludes halogenated alkanes) is 4. The summed E-state index contributed by atoms with van der Waals surface area (Å²) >= 11 is 0. The van der Waals surface area contributed by atoms with Gasteiger partial charge in [-0.3, -0.25) is 0 Å². The van der Waals surface area contributed by atoms with Gasteiger partial charge in [0.25, 0.3) is 0 Å². The molecule has 478 valence electrons. The first-order valence-corrected chi connectivity index (χ1v) is 32.5. The molecule has 2 aromatic rings. The molecule has 0 radical (unpaired) electrons. The van der Waals surface area contributed by atoms with Crippen LogP contribution in [0.1, 0.15) is 248 Å². The van der Waals surface area contributed by atoms with Crippen LogP contribution in [0.15, 0.2) is 0 Å². The second-order valence-corrected chi connectivity index (χ2v) is 31.0. The standard InChI is InChI=1S/C64H118N16O4/c1-21-77(44-36-56(5,6)73-57(7,8)37-44)52-67-50(68-53(71-52)78(22-2)45-38-58(9,10)74-59(11,12)39-45)65-34-32-64(49(83)84,31-29-27-25-26-28-30-48(81)82)33-35-66-51-69-54(79(23-3)46-40-60(13,14)75-61(15,16)41-46)72-55(70-51)80(24-4)47-42-62(17,18)76-63(19,20)43-47/h44-47,73-76H,21-43H2,1-20H3,(H,81,82)(H,83,84)(H,65,67,68,71)(H,66,69,70,72)/p-2. The second-order valence-electron chi connectivity index (χ2n) is 31.0. The number of piperidine rings is 4. The molecule has 0 aromatic carbocycles. The summed E-state index contributed by atoms with van der Waals surface area (Å²) in [4.78, 5) is 66.1. The molecule has 6 N–H and O–H groups in total. The minimum atomic E-state index is -1.27. The van der Waals surface area contributed by atoms with Gasteiger partial charge >= 0.3 is 0 Å². The van der Waals surface area contributed by atoms with Crippen molar-refractivity contribution in [1.29, 1.82) is 0 Å². The van der Waals surface area contributed by atoms with Crippen LogP contribution < -0.4 is 61.7 Å². The summed E-state index contributed by atoms with van der Waals surface area (Å²) in [6, 6.07) is 0.646. The van der Waals surface area contributed by atoms with E-state index in [1.54, 1.807) is 0 Å². The number of aromatic nitrogens is 6. The van der Waals surface area contributed by atoms with Crippen LogP contribution in [0.5, 0.6) is 0 Å². The van der Waals surface area contributed by atoms with Crippen LogP contribution in [-0.2, 0) is 9.59 Å². The first-order chi connectivity index (χ1) is 38.8. The number of hydrogen-bond acceptors (Lipinski definition) is 20. The molecule has 20 heteroatoms. The van der Waals surface area contributed by atoms with E-state index < -0.39 is 17.4 Å². The smallest absolute Gasteiger partial charge is 0.232 e. The molecule has 84 heavy (non-hydrogen) atoms. The lowest BCUT2D eigenvalue weighted by Crippen LogP contribution is -2.62. The van der Waals surface area contributed by atoms with Crippen LogP contribution in [0.4, 0.5) is 35.7 Å². The van der Waals surface area contributed by atoms with E-state index in [4.69, 9.17) is 29.9 Å². The molecule has 0 amide bonds. The highest BCUT2D eigenvalue weighted by molar-refractivity contribution is 5.72. The van der Waals surface area contributed by atoms with Crippen molar-refractivity contribution < 1.29 is 19.8 Å². The summed E-state index contributed by atoms with van der Waals surface area (Å²) in [7, 11) is 0. The van der Waals surface area contributed by atoms with Crippen molar-refractivity contribution >= 4 is 47.6 Å². The van der Waals surface area contributed by atoms with E-state index in [1.807, 2.05) is 0 Å². The molecular weight excluding hydrogens is 1060 g/mol. The fourth-order valence-corrected chi connectivity index (χ4v) is 16.4. The van der Waals surface area contributed by atoms with Gasteiger partial charge in [0.05, 0.1) is 0 Å². The van der Waals surface area contributed by atoms with E-state index >= 15 is 0 Å². The molecule has 4 fully saturated rings. The van der Waals surface area contributed by atoms with Crippen LogP contribution in [0.25, 0.3) is 0 Å². The predicted octanol–water partition coefficient (Wildman–Crippen LogP) is 8.12. The molecule has 0 unspecified atom stereocenters. The first kappa shape index (κ1) is 68.7. The Hall–Kier alpha value is -4.40. The van der Waals surface area contributed by atoms with Crippen molar-refractivity contribution in [3.8, 4) is 0 Å². The minimum Gasteiger partial charge on any atom is -0.550 e. The van der Waals surface area contributed by atoms with Crippen LogP contribution in [-0.4, -0.2) is 150 Å². The van der Waals surface area contributed by atoms with E-state index in [-0.39, 0.29) is 101 Å². The zero-order valence-corrected chi connectivity index (χ0v) is 56.2. The van der Waals surface area contributed by atoms with Crippen molar-refractivity contribution in [1.82, 2.24) is 51.2 Å². The van der Waals surface area contributed by atoms with Crippen molar-refractivity contribution in [2.45, 2.75) is 316 Å². The van der Waals surface area contributed by atoms with Gasteiger partial charge in [-0.2, -0.15) is 29.9 Å². The van der Waals surface area contributed by atoms with Gasteiger partial charge in [0.15, 0.2) is 0 Å². The van der Waals surface area contributed by atoms with Crippen LogP contribution in [0, 0.1) is 5.41 Å². The van der Waals surface area contributed by atoms with Gasteiger partial charge in [0.2, 0.25) is 35.7 Å². The number of nitrogens with one attached hydrogen (secondary N) is 6. The summed E-state index contributed by atoms with van der Waals surface area (Å²) in [6.45, 7) is 48.3. The van der Waals surface area contributed by atoms with E-state index in [2.05, 4.69) is 190 Å². The van der Waals surface area contributed by atoms with E-state index in [9.17, 15) is 19.8 Å². The summed E-state index contributed by atoms with van der Waals surface area (Å²) in [5.74, 6) is 1.12. The third-order valence-corrected chi connectivity index (χ3v) is 18.3. The first-order valence-electron chi connectivity index (χ1n) is 32.5. The van der Waals surface area contributed by atoms with Gasteiger partial charge in [-0.05, 0) is 222 Å². The zero-order valence-electron chi connectivity index (χ0n) is 56.2. The number of carboxylic acids is 2. The van der Waals surface area contributed by atoms with Gasteiger partial charge in [-0.1, -0.05) is 25.7 Å². The van der Waals surface area contributed by atoms with Crippen molar-refractivity contribution in [3.63, 3.8) is 0 Å². The van der Waals surface area contributed by atoms with Crippen LogP contribution >= 0.6 is 0 Å². The highest BCUT2D eigenvalue weighted by Gasteiger charge is 2.45. The van der Waals surface area contributed by atoms with Gasteiger partial charge in [-0.15, -0.1) is 0 Å². The average molecular weight is 1170 g/mol. The summed E-state index contributed by atoms with van der Waals surface area (Å²) in [6.07, 6.45) is 11.6. The molecule has 2 aromatic heterocycles. The highest BCUT2D eigenvalue weighted by atomic mass is 16.4. The molecule has 0 aliphatic carbocycles. The quantitative estimate of drug-likeness (QED) is 0.0421. The lowest BCUT2D eigenvalue weighted by Gasteiger charge is -2.50. The maximum atomic E-state index is 14.0. The van der Waals surface area contributed by atoms with E-state index in [0.717, 1.165) is 70.6 Å². The summed E-state index contributed by atoms with van der Waals surface area (Å²) in [5, 5.41) is 47.8. The zero-order chi connectivity index (χ0) is 62.5. The van der Waals surface area contributed by atoms with Crippen molar-refractivity contribution in [2.24, 2.45) is 5.41 Å². The molecular formula is C64H116N16O4-2.